The molecule has 1 atom stereocenters. The summed E-state index contributed by atoms with van der Waals surface area (Å²) in [6.07, 6.45) is 0.898. The first-order chi connectivity index (χ1) is 14.2. The van der Waals surface area contributed by atoms with Gasteiger partial charge < -0.3 is 5.32 Å². The molecule has 2 aliphatic heterocycles. The Balaban J connectivity index is 1.34. The minimum absolute atomic E-state index is 0.0106. The quantitative estimate of drug-likeness (QED) is 0.695. The average molecular weight is 430 g/mol. The van der Waals surface area contributed by atoms with Crippen molar-refractivity contribution in [2.75, 3.05) is 23.4 Å². The fourth-order valence-corrected chi connectivity index (χ4v) is 5.59. The molecule has 1 unspecified atom stereocenters. The van der Waals surface area contributed by atoms with Crippen LogP contribution in [0.15, 0.2) is 30.3 Å². The third-order valence-electron chi connectivity index (χ3n) is 5.34. The zero-order valence-electron chi connectivity index (χ0n) is 16.5. The number of amides is 3. The highest BCUT2D eigenvalue weighted by Crippen LogP contribution is 2.27. The number of fused-ring (bicyclic) bond motifs is 1. The largest absolute Gasteiger partial charge is 0.311 e. The lowest BCUT2D eigenvalue weighted by Gasteiger charge is -2.15. The Morgan fingerprint density at radius 3 is 2.47 bits per heavy atom. The third kappa shape index (κ3) is 3.87. The van der Waals surface area contributed by atoms with Crippen molar-refractivity contribution in [2.45, 2.75) is 32.2 Å². The first-order valence-electron chi connectivity index (χ1n) is 9.77. The zero-order valence-corrected chi connectivity index (χ0v) is 17.3. The van der Waals surface area contributed by atoms with Gasteiger partial charge >= 0.3 is 0 Å². The monoisotopic (exact) mass is 430 g/mol. The summed E-state index contributed by atoms with van der Waals surface area (Å²) in [5.41, 5.74) is 1.45. The van der Waals surface area contributed by atoms with Gasteiger partial charge in [0, 0.05) is 19.0 Å². The molecule has 1 aromatic heterocycles. The molecule has 0 bridgehead atoms. The summed E-state index contributed by atoms with van der Waals surface area (Å²) in [5.74, 6) is -0.380. The van der Waals surface area contributed by atoms with Crippen LogP contribution >= 0.6 is 0 Å². The molecule has 0 radical (unpaired) electrons. The maximum Gasteiger partial charge on any atom is 0.261 e. The number of aromatic nitrogens is 2. The molecule has 3 heterocycles. The van der Waals surface area contributed by atoms with Gasteiger partial charge in [0.25, 0.3) is 11.8 Å². The van der Waals surface area contributed by atoms with Gasteiger partial charge in [-0.3, -0.25) is 19.3 Å². The topological polar surface area (TPSA) is 118 Å². The molecule has 0 spiro atoms. The van der Waals surface area contributed by atoms with Gasteiger partial charge in [0.2, 0.25) is 5.91 Å². The SMILES string of the molecule is Cc1cc(NC(=O)CCCN2C(=O)c3ccccc3C2=O)n(C2CCS(=O)(=O)C2)n1. The first-order valence-corrected chi connectivity index (χ1v) is 11.6. The number of rotatable bonds is 6. The molecule has 158 valence electrons. The fourth-order valence-electron chi connectivity index (χ4n) is 3.90. The number of hydrogen-bond acceptors (Lipinski definition) is 6. The molecule has 30 heavy (non-hydrogen) atoms. The van der Waals surface area contributed by atoms with Crippen molar-refractivity contribution in [3.8, 4) is 0 Å². The summed E-state index contributed by atoms with van der Waals surface area (Å²) in [4.78, 5) is 38.3. The summed E-state index contributed by atoms with van der Waals surface area (Å²) in [6, 6.07) is 8.07. The lowest BCUT2D eigenvalue weighted by Crippen LogP contribution is -2.31. The lowest BCUT2D eigenvalue weighted by molar-refractivity contribution is -0.116. The highest BCUT2D eigenvalue weighted by atomic mass is 32.2. The second kappa shape index (κ2) is 7.67. The number of hydrogen-bond donors (Lipinski definition) is 1. The van der Waals surface area contributed by atoms with E-state index in [2.05, 4.69) is 10.4 Å². The number of sulfone groups is 1. The van der Waals surface area contributed by atoms with Gasteiger partial charge in [-0.15, -0.1) is 0 Å². The van der Waals surface area contributed by atoms with Gasteiger partial charge in [0.1, 0.15) is 5.82 Å². The highest BCUT2D eigenvalue weighted by molar-refractivity contribution is 7.91. The number of carbonyl (C=O) groups is 3. The van der Waals surface area contributed by atoms with E-state index in [9.17, 15) is 22.8 Å². The van der Waals surface area contributed by atoms with Gasteiger partial charge in [0.15, 0.2) is 9.84 Å². The second-order valence-corrected chi connectivity index (χ2v) is 9.86. The van der Waals surface area contributed by atoms with E-state index in [1.807, 2.05) is 0 Å². The summed E-state index contributed by atoms with van der Waals surface area (Å²) in [6.45, 7) is 1.93. The van der Waals surface area contributed by atoms with Crippen molar-refractivity contribution in [2.24, 2.45) is 0 Å². The molecule has 1 aromatic carbocycles. The minimum atomic E-state index is -3.08. The van der Waals surface area contributed by atoms with Crippen LogP contribution in [0.5, 0.6) is 0 Å². The molecule has 0 aliphatic carbocycles. The average Bonchev–Trinajstić information content (AvgIpc) is 3.31. The first kappa shape index (κ1) is 20.3. The van der Waals surface area contributed by atoms with E-state index in [-0.39, 0.29) is 48.2 Å². The van der Waals surface area contributed by atoms with Crippen LogP contribution in [0.4, 0.5) is 5.82 Å². The van der Waals surface area contributed by atoms with Gasteiger partial charge in [0.05, 0.1) is 34.4 Å². The number of imide groups is 1. The molecular formula is C20H22N4O5S. The van der Waals surface area contributed by atoms with E-state index >= 15 is 0 Å². The molecule has 9 nitrogen and oxygen atoms in total. The number of aryl methyl sites for hydroxylation is 1. The van der Waals surface area contributed by atoms with Crippen LogP contribution in [0.3, 0.4) is 0 Å². The zero-order chi connectivity index (χ0) is 21.5. The number of anilines is 1. The summed E-state index contributed by atoms with van der Waals surface area (Å²) in [5, 5.41) is 7.12. The number of nitrogens with zero attached hydrogens (tertiary/aromatic N) is 3. The molecular weight excluding hydrogens is 408 g/mol. The lowest BCUT2D eigenvalue weighted by atomic mass is 10.1. The molecule has 2 aliphatic rings. The van der Waals surface area contributed by atoms with Crippen molar-refractivity contribution in [1.82, 2.24) is 14.7 Å². The van der Waals surface area contributed by atoms with Crippen LogP contribution in [0.2, 0.25) is 0 Å². The Hall–Kier alpha value is -3.01. The van der Waals surface area contributed by atoms with Crippen molar-refractivity contribution >= 4 is 33.4 Å². The normalized spacial score (nSPS) is 19.9. The highest BCUT2D eigenvalue weighted by Gasteiger charge is 2.35. The molecule has 1 saturated heterocycles. The molecule has 1 fully saturated rings. The van der Waals surface area contributed by atoms with Crippen molar-refractivity contribution in [3.05, 3.63) is 47.2 Å². The predicted molar refractivity (Wildman–Crippen MR) is 109 cm³/mol. The molecule has 3 amide bonds. The standard InChI is InChI=1S/C20H22N4O5S/c1-13-11-17(24(22-13)14-8-10-30(28,29)12-14)21-18(25)7-4-9-23-19(26)15-5-2-3-6-16(15)20(23)27/h2-3,5-6,11,14H,4,7-10,12H2,1H3,(H,21,25). The van der Waals surface area contributed by atoms with Crippen LogP contribution in [-0.4, -0.2) is 58.9 Å². The van der Waals surface area contributed by atoms with Crippen molar-refractivity contribution in [1.29, 1.82) is 0 Å². The van der Waals surface area contributed by atoms with Gasteiger partial charge in [-0.25, -0.2) is 13.1 Å². The van der Waals surface area contributed by atoms with Crippen LogP contribution < -0.4 is 5.32 Å². The van der Waals surface area contributed by atoms with Gasteiger partial charge in [-0.1, -0.05) is 12.1 Å². The van der Waals surface area contributed by atoms with Crippen molar-refractivity contribution in [3.63, 3.8) is 0 Å². The molecule has 2 aromatic rings. The van der Waals surface area contributed by atoms with Crippen LogP contribution in [0.25, 0.3) is 0 Å². The maximum absolute atomic E-state index is 12.4. The Morgan fingerprint density at radius 1 is 1.20 bits per heavy atom. The van der Waals surface area contributed by atoms with E-state index in [1.165, 1.54) is 0 Å². The van der Waals surface area contributed by atoms with Crippen LogP contribution in [-0.2, 0) is 14.6 Å². The molecule has 0 saturated carbocycles. The van der Waals surface area contributed by atoms with E-state index in [1.54, 1.807) is 41.9 Å². The predicted octanol–water partition coefficient (Wildman–Crippen LogP) is 1.57. The second-order valence-electron chi connectivity index (χ2n) is 7.63. The van der Waals surface area contributed by atoms with Gasteiger partial charge in [-0.05, 0) is 31.9 Å². The van der Waals surface area contributed by atoms with Crippen LogP contribution in [0, 0.1) is 6.92 Å². The van der Waals surface area contributed by atoms with E-state index in [0.29, 0.717) is 35.5 Å². The Kier molecular flexibility index (Phi) is 5.19. The Bertz CT molecular complexity index is 1100. The van der Waals surface area contributed by atoms with Crippen molar-refractivity contribution < 1.29 is 22.8 Å². The van der Waals surface area contributed by atoms with E-state index in [0.717, 1.165) is 4.90 Å². The maximum atomic E-state index is 12.4. The summed E-state index contributed by atoms with van der Waals surface area (Å²) in [7, 11) is -3.08. The van der Waals surface area contributed by atoms with E-state index < -0.39 is 9.84 Å². The number of benzene rings is 1. The minimum Gasteiger partial charge on any atom is -0.311 e. The number of carbonyl (C=O) groups excluding carboxylic acids is 3. The van der Waals surface area contributed by atoms with E-state index in [4.69, 9.17) is 0 Å². The van der Waals surface area contributed by atoms with Crippen LogP contribution in [0.1, 0.15) is 51.7 Å². The molecule has 1 N–H and O–H groups in total. The molecule has 10 heteroatoms. The third-order valence-corrected chi connectivity index (χ3v) is 7.09. The summed E-state index contributed by atoms with van der Waals surface area (Å²) >= 11 is 0. The Morgan fingerprint density at radius 2 is 1.87 bits per heavy atom. The van der Waals surface area contributed by atoms with Gasteiger partial charge in [-0.2, -0.15) is 5.10 Å². The fraction of sp³-hybridized carbons (Fsp3) is 0.400. The smallest absolute Gasteiger partial charge is 0.261 e. The Labute approximate surface area is 174 Å². The summed E-state index contributed by atoms with van der Waals surface area (Å²) < 4.78 is 25.1. The molecule has 4 rings (SSSR count). The number of nitrogens with one attached hydrogen (secondary N) is 1.